The number of benzene rings is 1. The van der Waals surface area contributed by atoms with E-state index in [2.05, 4.69) is 15.6 Å². The zero-order valence-electron chi connectivity index (χ0n) is 18.0. The van der Waals surface area contributed by atoms with Crippen LogP contribution in [0.1, 0.15) is 42.9 Å². The Labute approximate surface area is 190 Å². The monoisotopic (exact) mass is 441 g/mol. The number of hydrogen-bond acceptors (Lipinski definition) is 6. The third kappa shape index (κ3) is 3.93. The van der Waals surface area contributed by atoms with Crippen molar-refractivity contribution in [2.45, 2.75) is 31.6 Å². The number of aromatic hydroxyl groups is 1. The van der Waals surface area contributed by atoms with E-state index in [1.807, 2.05) is 19.1 Å². The average molecular weight is 441 g/mol. The lowest BCUT2D eigenvalue weighted by Gasteiger charge is -2.36. The van der Waals surface area contributed by atoms with Crippen LogP contribution in [0, 0.1) is 0 Å². The summed E-state index contributed by atoms with van der Waals surface area (Å²) < 4.78 is 5.56. The van der Waals surface area contributed by atoms with Crippen molar-refractivity contribution in [1.29, 1.82) is 0 Å². The molecule has 2 atom stereocenters. The second kappa shape index (κ2) is 8.43. The predicted octanol–water partition coefficient (Wildman–Crippen LogP) is 4.38. The molecule has 1 aliphatic carbocycles. The molecule has 166 valence electrons. The summed E-state index contributed by atoms with van der Waals surface area (Å²) in [5, 5.41) is 16.0. The second-order valence-corrected chi connectivity index (χ2v) is 8.29. The number of carbonyl (C=O) groups excluding carboxylic acids is 2. The Morgan fingerprint density at radius 2 is 1.94 bits per heavy atom. The van der Waals surface area contributed by atoms with Crippen LogP contribution in [0.15, 0.2) is 94.0 Å². The summed E-state index contributed by atoms with van der Waals surface area (Å²) >= 11 is 0. The SMILES string of the molecule is CC1=C(C(=O)Nc2ccccn2)[C@H](c2ccc(O)cc2)C2=C(C[C@H](c3ccco3)CC2=O)N1. The van der Waals surface area contributed by atoms with Gasteiger partial charge in [-0.1, -0.05) is 18.2 Å². The number of pyridine rings is 1. The molecule has 3 N–H and O–H groups in total. The summed E-state index contributed by atoms with van der Waals surface area (Å²) in [4.78, 5) is 31.1. The minimum Gasteiger partial charge on any atom is -0.508 e. The quantitative estimate of drug-likeness (QED) is 0.555. The van der Waals surface area contributed by atoms with E-state index in [4.69, 9.17) is 4.42 Å². The smallest absolute Gasteiger partial charge is 0.255 e. The molecule has 3 aromatic rings. The largest absolute Gasteiger partial charge is 0.508 e. The van der Waals surface area contributed by atoms with Crippen LogP contribution in [0.4, 0.5) is 5.82 Å². The summed E-state index contributed by atoms with van der Waals surface area (Å²) in [5.74, 6) is 0.350. The second-order valence-electron chi connectivity index (χ2n) is 8.29. The van der Waals surface area contributed by atoms with Gasteiger partial charge in [0, 0.05) is 47.0 Å². The number of phenols is 1. The molecule has 1 amide bonds. The van der Waals surface area contributed by atoms with Crippen molar-refractivity contribution in [2.75, 3.05) is 5.32 Å². The van der Waals surface area contributed by atoms with E-state index in [0.29, 0.717) is 35.5 Å². The minimum atomic E-state index is -0.560. The van der Waals surface area contributed by atoms with E-state index in [1.54, 1.807) is 54.9 Å². The zero-order valence-corrected chi connectivity index (χ0v) is 18.0. The molecule has 1 aromatic carbocycles. The Bertz CT molecular complexity index is 1260. The van der Waals surface area contributed by atoms with Crippen molar-refractivity contribution in [3.63, 3.8) is 0 Å². The lowest BCUT2D eigenvalue weighted by Crippen LogP contribution is -2.37. The molecule has 0 radical (unpaired) electrons. The van der Waals surface area contributed by atoms with Crippen LogP contribution in [0.5, 0.6) is 5.75 Å². The molecule has 33 heavy (non-hydrogen) atoms. The van der Waals surface area contributed by atoms with Gasteiger partial charge in [-0.25, -0.2) is 4.98 Å². The first-order chi connectivity index (χ1) is 16.0. The van der Waals surface area contributed by atoms with E-state index >= 15 is 0 Å². The molecule has 2 aliphatic rings. The number of rotatable bonds is 4. The highest BCUT2D eigenvalue weighted by atomic mass is 16.3. The number of nitrogens with zero attached hydrogens (tertiary/aromatic N) is 1. The van der Waals surface area contributed by atoms with Gasteiger partial charge in [-0.15, -0.1) is 0 Å². The number of phenolic OH excluding ortho intramolecular Hbond substituents is 1. The summed E-state index contributed by atoms with van der Waals surface area (Å²) in [6, 6.07) is 15.6. The van der Waals surface area contributed by atoms with Crippen LogP contribution in [-0.2, 0) is 9.59 Å². The number of hydrogen-bond donors (Lipinski definition) is 3. The molecular weight excluding hydrogens is 418 g/mol. The molecule has 0 saturated carbocycles. The highest BCUT2D eigenvalue weighted by Gasteiger charge is 2.41. The van der Waals surface area contributed by atoms with E-state index in [9.17, 15) is 14.7 Å². The number of aromatic nitrogens is 1. The average Bonchev–Trinajstić information content (AvgIpc) is 3.34. The van der Waals surface area contributed by atoms with Crippen LogP contribution in [0.2, 0.25) is 0 Å². The Balaban J connectivity index is 1.57. The molecule has 2 aromatic heterocycles. The fraction of sp³-hybridized carbons (Fsp3) is 0.192. The summed E-state index contributed by atoms with van der Waals surface area (Å²) in [6.45, 7) is 1.84. The molecule has 3 heterocycles. The molecule has 5 rings (SSSR count). The van der Waals surface area contributed by atoms with Crippen molar-refractivity contribution < 1.29 is 19.1 Å². The Hall–Kier alpha value is -4.13. The van der Waals surface area contributed by atoms with Gasteiger partial charge < -0.3 is 20.2 Å². The molecule has 0 saturated heterocycles. The molecular formula is C26H23N3O4. The number of allylic oxidation sites excluding steroid dienone is 3. The predicted molar refractivity (Wildman–Crippen MR) is 122 cm³/mol. The first-order valence-electron chi connectivity index (χ1n) is 10.8. The van der Waals surface area contributed by atoms with E-state index in [-0.39, 0.29) is 23.4 Å². The fourth-order valence-corrected chi connectivity index (χ4v) is 4.69. The number of furan rings is 1. The lowest BCUT2D eigenvalue weighted by atomic mass is 9.72. The maximum absolute atomic E-state index is 13.5. The highest BCUT2D eigenvalue weighted by Crippen LogP contribution is 2.45. The zero-order chi connectivity index (χ0) is 22.9. The summed E-state index contributed by atoms with van der Waals surface area (Å²) in [7, 11) is 0. The van der Waals surface area contributed by atoms with Gasteiger partial charge in [0.05, 0.1) is 6.26 Å². The van der Waals surface area contributed by atoms with Crippen LogP contribution in [0.3, 0.4) is 0 Å². The molecule has 0 unspecified atom stereocenters. The van der Waals surface area contributed by atoms with Gasteiger partial charge in [-0.2, -0.15) is 0 Å². The molecule has 7 heteroatoms. The van der Waals surface area contributed by atoms with Crippen molar-refractivity contribution in [3.8, 4) is 5.75 Å². The third-order valence-corrected chi connectivity index (χ3v) is 6.15. The lowest BCUT2D eigenvalue weighted by molar-refractivity contribution is -0.116. The number of anilines is 1. The van der Waals surface area contributed by atoms with E-state index in [0.717, 1.165) is 17.0 Å². The van der Waals surface area contributed by atoms with Gasteiger partial charge in [0.15, 0.2) is 5.78 Å². The Kier molecular flexibility index (Phi) is 5.30. The maximum Gasteiger partial charge on any atom is 0.255 e. The van der Waals surface area contributed by atoms with Crippen LogP contribution < -0.4 is 10.6 Å². The van der Waals surface area contributed by atoms with Gasteiger partial charge in [-0.3, -0.25) is 9.59 Å². The number of Topliss-reactive ketones (excluding diaryl/α,β-unsaturated/α-hetero) is 1. The molecule has 7 nitrogen and oxygen atoms in total. The van der Waals surface area contributed by atoms with Gasteiger partial charge in [0.2, 0.25) is 0 Å². The molecule has 0 fully saturated rings. The van der Waals surface area contributed by atoms with Gasteiger partial charge in [0.25, 0.3) is 5.91 Å². The molecule has 0 bridgehead atoms. The number of ketones is 1. The normalized spacial score (nSPS) is 20.3. The first-order valence-corrected chi connectivity index (χ1v) is 10.8. The Morgan fingerprint density at radius 1 is 1.12 bits per heavy atom. The van der Waals surface area contributed by atoms with Crippen LogP contribution in [0.25, 0.3) is 0 Å². The van der Waals surface area contributed by atoms with Crippen molar-refractivity contribution >= 4 is 17.5 Å². The third-order valence-electron chi connectivity index (χ3n) is 6.15. The van der Waals surface area contributed by atoms with Gasteiger partial charge >= 0.3 is 0 Å². The number of nitrogens with one attached hydrogen (secondary N) is 2. The standard InChI is InChI=1S/C26H23N3O4/c1-15-23(26(32)29-22-6-2-3-11-27-22)24(16-7-9-18(30)10-8-16)25-19(28-15)13-17(14-20(25)31)21-5-4-12-33-21/h2-12,17,24,28,30H,13-14H2,1H3,(H,27,29,32)/t17-,24-/m0/s1. The van der Waals surface area contributed by atoms with Crippen molar-refractivity contribution in [1.82, 2.24) is 10.3 Å². The summed E-state index contributed by atoms with van der Waals surface area (Å²) in [5.41, 5.74) is 3.28. The van der Waals surface area contributed by atoms with E-state index in [1.165, 1.54) is 0 Å². The number of dihydropyridines is 1. The van der Waals surface area contributed by atoms with Crippen molar-refractivity contribution in [3.05, 3.63) is 101 Å². The molecule has 0 spiro atoms. The van der Waals surface area contributed by atoms with Gasteiger partial charge in [-0.05, 0) is 55.3 Å². The first kappa shape index (κ1) is 20.8. The highest BCUT2D eigenvalue weighted by molar-refractivity contribution is 6.09. The number of amides is 1. The topological polar surface area (TPSA) is 104 Å². The number of carbonyl (C=O) groups is 2. The fourth-order valence-electron chi connectivity index (χ4n) is 4.69. The van der Waals surface area contributed by atoms with Crippen LogP contribution in [-0.4, -0.2) is 21.8 Å². The van der Waals surface area contributed by atoms with E-state index < -0.39 is 5.92 Å². The van der Waals surface area contributed by atoms with Crippen molar-refractivity contribution in [2.24, 2.45) is 0 Å². The minimum absolute atomic E-state index is 0.0288. The maximum atomic E-state index is 13.5. The Morgan fingerprint density at radius 3 is 2.64 bits per heavy atom. The molecule has 1 aliphatic heterocycles. The van der Waals surface area contributed by atoms with Gasteiger partial charge in [0.1, 0.15) is 17.3 Å². The summed E-state index contributed by atoms with van der Waals surface area (Å²) in [6.07, 6.45) is 4.13. The van der Waals surface area contributed by atoms with Crippen LogP contribution >= 0.6 is 0 Å².